The van der Waals surface area contributed by atoms with Gasteiger partial charge in [0.2, 0.25) is 0 Å². The lowest BCUT2D eigenvalue weighted by atomic mass is 10.1. The molecule has 234 valence electrons. The van der Waals surface area contributed by atoms with Crippen molar-refractivity contribution < 1.29 is 28.8 Å². The average Bonchev–Trinajstić information content (AvgIpc) is 3.03. The fourth-order valence-electron chi connectivity index (χ4n) is 4.81. The Kier molecular flexibility index (Phi) is 16.6. The minimum absolute atomic E-state index is 0.160. The number of ether oxygens (including phenoxy) is 4. The monoisotopic (exact) mass is 590 g/mol. The van der Waals surface area contributed by atoms with Crippen LogP contribution in [0.1, 0.15) is 106 Å². The van der Waals surface area contributed by atoms with Gasteiger partial charge >= 0.3 is 5.97 Å². The van der Waals surface area contributed by atoms with Gasteiger partial charge in [-0.25, -0.2) is 4.79 Å². The Morgan fingerprint density at radius 2 is 1.00 bits per heavy atom. The van der Waals surface area contributed by atoms with Crippen molar-refractivity contribution in [1.82, 2.24) is 0 Å². The van der Waals surface area contributed by atoms with Crippen LogP contribution in [0.4, 0.5) is 0 Å². The van der Waals surface area contributed by atoms with Gasteiger partial charge in [-0.15, -0.1) is 0 Å². The summed E-state index contributed by atoms with van der Waals surface area (Å²) in [7, 11) is 0. The van der Waals surface area contributed by atoms with E-state index in [4.69, 9.17) is 18.9 Å². The molecule has 6 nitrogen and oxygen atoms in total. The highest BCUT2D eigenvalue weighted by molar-refractivity contribution is 5.88. The molecule has 6 heteroatoms. The zero-order valence-electron chi connectivity index (χ0n) is 25.9. The zero-order valence-corrected chi connectivity index (χ0v) is 25.9. The van der Waals surface area contributed by atoms with Gasteiger partial charge in [0.1, 0.15) is 29.6 Å². The number of aromatic carboxylic acids is 1. The third-order valence-electron chi connectivity index (χ3n) is 7.29. The summed E-state index contributed by atoms with van der Waals surface area (Å²) in [6.45, 7) is 4.23. The van der Waals surface area contributed by atoms with Crippen molar-refractivity contribution in [2.75, 3.05) is 19.8 Å². The number of benzene rings is 3. The average molecular weight is 591 g/mol. The van der Waals surface area contributed by atoms with Crippen LogP contribution >= 0.6 is 0 Å². The number of carboxylic acids is 1. The summed E-state index contributed by atoms with van der Waals surface area (Å²) < 4.78 is 23.4. The van der Waals surface area contributed by atoms with Crippen molar-refractivity contribution in [1.29, 1.82) is 0 Å². The fourth-order valence-corrected chi connectivity index (χ4v) is 4.81. The van der Waals surface area contributed by atoms with Gasteiger partial charge < -0.3 is 24.1 Å². The molecule has 43 heavy (non-hydrogen) atoms. The molecule has 0 amide bonds. The molecule has 0 aliphatic heterocycles. The SMILES string of the molecule is CCCCCCCCCCCCCCOc1cc(OCCCOc2ccc(OCc3ccccc3)cc2)cc(C(=O)O)c1. The van der Waals surface area contributed by atoms with Crippen LogP contribution in [-0.2, 0) is 6.61 Å². The minimum Gasteiger partial charge on any atom is -0.493 e. The molecular formula is C37H50O6. The van der Waals surface area contributed by atoms with E-state index in [1.54, 1.807) is 12.1 Å². The number of rotatable bonds is 24. The molecule has 0 aliphatic rings. The summed E-state index contributed by atoms with van der Waals surface area (Å²) in [5, 5.41) is 9.52. The molecule has 1 N–H and O–H groups in total. The Labute approximate surface area is 258 Å². The first kappa shape index (κ1) is 33.8. The van der Waals surface area contributed by atoms with E-state index < -0.39 is 5.97 Å². The quantitative estimate of drug-likeness (QED) is 0.105. The second-order valence-corrected chi connectivity index (χ2v) is 11.0. The first-order valence-electron chi connectivity index (χ1n) is 16.2. The van der Waals surface area contributed by atoms with Gasteiger partial charge in [0.25, 0.3) is 0 Å². The van der Waals surface area contributed by atoms with E-state index in [-0.39, 0.29) is 5.56 Å². The molecule has 0 heterocycles. The summed E-state index contributed by atoms with van der Waals surface area (Å²) in [5.74, 6) is 1.57. The van der Waals surface area contributed by atoms with E-state index in [1.807, 2.05) is 54.6 Å². The highest BCUT2D eigenvalue weighted by Crippen LogP contribution is 2.24. The molecule has 0 fully saturated rings. The number of carboxylic acid groups (broad SMARTS) is 1. The predicted molar refractivity (Wildman–Crippen MR) is 173 cm³/mol. The molecule has 3 aromatic rings. The maximum Gasteiger partial charge on any atom is 0.335 e. The van der Waals surface area contributed by atoms with Crippen LogP contribution < -0.4 is 18.9 Å². The number of carbonyl (C=O) groups is 1. The summed E-state index contributed by atoms with van der Waals surface area (Å²) in [6, 6.07) is 22.5. The van der Waals surface area contributed by atoms with E-state index in [9.17, 15) is 9.90 Å². The summed E-state index contributed by atoms with van der Waals surface area (Å²) in [4.78, 5) is 11.6. The van der Waals surface area contributed by atoms with Crippen LogP contribution in [0.2, 0.25) is 0 Å². The molecule has 3 aromatic carbocycles. The van der Waals surface area contributed by atoms with E-state index in [0.717, 1.165) is 29.9 Å². The molecule has 0 bridgehead atoms. The Morgan fingerprint density at radius 1 is 0.535 bits per heavy atom. The van der Waals surface area contributed by atoms with Gasteiger partial charge in [-0.3, -0.25) is 0 Å². The number of hydrogen-bond donors (Lipinski definition) is 1. The molecule has 0 unspecified atom stereocenters. The minimum atomic E-state index is -1.000. The van der Waals surface area contributed by atoms with Crippen molar-refractivity contribution in [3.63, 3.8) is 0 Å². The largest absolute Gasteiger partial charge is 0.493 e. The van der Waals surface area contributed by atoms with Crippen LogP contribution in [0.25, 0.3) is 0 Å². The zero-order chi connectivity index (χ0) is 30.4. The summed E-state index contributed by atoms with van der Waals surface area (Å²) >= 11 is 0. The second-order valence-electron chi connectivity index (χ2n) is 11.0. The molecule has 0 saturated heterocycles. The van der Waals surface area contributed by atoms with Gasteiger partial charge in [-0.2, -0.15) is 0 Å². The Bertz CT molecular complexity index is 1150. The molecule has 0 radical (unpaired) electrons. The van der Waals surface area contributed by atoms with Crippen LogP contribution in [0.3, 0.4) is 0 Å². The highest BCUT2D eigenvalue weighted by Gasteiger charge is 2.09. The molecule has 0 saturated carbocycles. The predicted octanol–water partition coefficient (Wildman–Crippen LogP) is 9.89. The maximum atomic E-state index is 11.6. The summed E-state index contributed by atoms with van der Waals surface area (Å²) in [5.41, 5.74) is 1.28. The highest BCUT2D eigenvalue weighted by atomic mass is 16.5. The third-order valence-corrected chi connectivity index (χ3v) is 7.29. The lowest BCUT2D eigenvalue weighted by molar-refractivity contribution is 0.0695. The molecule has 0 atom stereocenters. The van der Waals surface area contributed by atoms with Crippen molar-refractivity contribution in [3.8, 4) is 23.0 Å². The molecule has 3 rings (SSSR count). The first-order chi connectivity index (χ1) is 21.1. The van der Waals surface area contributed by atoms with Crippen molar-refractivity contribution in [3.05, 3.63) is 83.9 Å². The van der Waals surface area contributed by atoms with Gasteiger partial charge in [0.05, 0.1) is 25.4 Å². The maximum absolute atomic E-state index is 11.6. The number of unbranched alkanes of at least 4 members (excludes halogenated alkanes) is 11. The van der Waals surface area contributed by atoms with E-state index >= 15 is 0 Å². The van der Waals surface area contributed by atoms with Crippen LogP contribution in [0.15, 0.2) is 72.8 Å². The van der Waals surface area contributed by atoms with Crippen LogP contribution in [-0.4, -0.2) is 30.9 Å². The fraction of sp³-hybridized carbons (Fsp3) is 0.486. The molecule has 0 spiro atoms. The molecule has 0 aromatic heterocycles. The van der Waals surface area contributed by atoms with Crippen molar-refractivity contribution >= 4 is 5.97 Å². The van der Waals surface area contributed by atoms with E-state index in [1.165, 1.54) is 70.3 Å². The van der Waals surface area contributed by atoms with Gasteiger partial charge in [-0.05, 0) is 48.4 Å². The Hall–Kier alpha value is -3.67. The standard InChI is InChI=1S/C37H50O6/c1-2-3-4-5-6-7-8-9-10-11-12-16-24-41-35-27-32(37(38)39)28-36(29-35)42-26-17-25-40-33-20-22-34(23-21-33)43-30-31-18-14-13-15-19-31/h13-15,18-23,27-29H,2-12,16-17,24-26,30H2,1H3,(H,38,39). The van der Waals surface area contributed by atoms with E-state index in [0.29, 0.717) is 44.3 Å². The van der Waals surface area contributed by atoms with Crippen molar-refractivity contribution in [2.24, 2.45) is 0 Å². The lowest BCUT2D eigenvalue weighted by Gasteiger charge is -2.12. The van der Waals surface area contributed by atoms with E-state index in [2.05, 4.69) is 6.92 Å². The van der Waals surface area contributed by atoms with Crippen LogP contribution in [0, 0.1) is 0 Å². The van der Waals surface area contributed by atoms with Gasteiger partial charge in [0, 0.05) is 12.5 Å². The second kappa shape index (κ2) is 21.1. The van der Waals surface area contributed by atoms with Crippen molar-refractivity contribution in [2.45, 2.75) is 97.0 Å². The Morgan fingerprint density at radius 3 is 1.53 bits per heavy atom. The number of hydrogen-bond acceptors (Lipinski definition) is 5. The molecular weight excluding hydrogens is 540 g/mol. The smallest absolute Gasteiger partial charge is 0.335 e. The molecule has 0 aliphatic carbocycles. The topological polar surface area (TPSA) is 74.2 Å². The van der Waals surface area contributed by atoms with Crippen LogP contribution in [0.5, 0.6) is 23.0 Å². The Balaban J connectivity index is 1.27. The van der Waals surface area contributed by atoms with Gasteiger partial charge in [0.15, 0.2) is 0 Å². The first-order valence-corrected chi connectivity index (χ1v) is 16.2. The lowest BCUT2D eigenvalue weighted by Crippen LogP contribution is -2.06. The summed E-state index contributed by atoms with van der Waals surface area (Å²) in [6.07, 6.45) is 16.1. The van der Waals surface area contributed by atoms with Gasteiger partial charge in [-0.1, -0.05) is 108 Å². The normalized spacial score (nSPS) is 10.8. The third kappa shape index (κ3) is 14.9.